The summed E-state index contributed by atoms with van der Waals surface area (Å²) in [6.07, 6.45) is -3.24. The molecule has 1 aromatic rings. The molecule has 0 aromatic carbocycles. The Kier molecular flexibility index (Phi) is 7.28. The number of hydrogen-bond acceptors (Lipinski definition) is 6. The number of nitrogens with zero attached hydrogens (tertiary/aromatic N) is 3. The van der Waals surface area contributed by atoms with Crippen LogP contribution in [0.3, 0.4) is 0 Å². The Hall–Kier alpha value is -2.14. The number of halogens is 3. The second kappa shape index (κ2) is 9.12. The smallest absolute Gasteiger partial charge is 0.475 e. The molecule has 3 atom stereocenters. The number of hydrogen-bond donors (Lipinski definition) is 1. The van der Waals surface area contributed by atoms with Crippen LogP contribution in [-0.4, -0.2) is 77.5 Å². The van der Waals surface area contributed by atoms with Crippen molar-refractivity contribution in [3.05, 3.63) is 17.0 Å². The molecule has 1 N–H and O–H groups in total. The maximum absolute atomic E-state index is 11.8. The Balaban J connectivity index is 0.000000370. The number of fused-ring (bicyclic) bond motifs is 1. The van der Waals surface area contributed by atoms with Crippen LogP contribution in [0, 0.1) is 19.8 Å². The fourth-order valence-electron chi connectivity index (χ4n) is 3.54. The number of aliphatic carboxylic acids is 1. The third kappa shape index (κ3) is 6.17. The molecule has 11 heteroatoms. The first kappa shape index (κ1) is 23.1. The number of aromatic nitrogens is 1. The molecule has 8 nitrogen and oxygen atoms in total. The molecule has 3 rings (SSSR count). The van der Waals surface area contributed by atoms with Crippen LogP contribution in [0.15, 0.2) is 4.52 Å². The minimum Gasteiger partial charge on any atom is -0.475 e. The van der Waals surface area contributed by atoms with Gasteiger partial charge in [-0.15, -0.1) is 0 Å². The van der Waals surface area contributed by atoms with Crippen molar-refractivity contribution in [2.45, 2.75) is 51.6 Å². The summed E-state index contributed by atoms with van der Waals surface area (Å²) in [4.78, 5) is 24.7. The van der Waals surface area contributed by atoms with Crippen LogP contribution in [0.25, 0.3) is 0 Å². The van der Waals surface area contributed by atoms with E-state index in [0.29, 0.717) is 12.3 Å². The summed E-state index contributed by atoms with van der Waals surface area (Å²) >= 11 is 0. The summed E-state index contributed by atoms with van der Waals surface area (Å²) in [5, 5.41) is 11.1. The molecule has 1 amide bonds. The second-order valence-corrected chi connectivity index (χ2v) is 7.58. The number of rotatable bonds is 4. The molecule has 0 radical (unpaired) electrons. The highest BCUT2D eigenvalue weighted by Gasteiger charge is 2.42. The van der Waals surface area contributed by atoms with Crippen LogP contribution in [0.2, 0.25) is 0 Å². The first-order valence-corrected chi connectivity index (χ1v) is 9.18. The van der Waals surface area contributed by atoms with Crippen molar-refractivity contribution < 1.29 is 37.1 Å². The SMILES string of the molecule is Cc1noc(C)c1CN1C[C@@H]2C[C@@H](CC(=O)N(C)C)O[C@@H]2C1.O=C(O)C(F)(F)F. The molecule has 0 bridgehead atoms. The van der Waals surface area contributed by atoms with Gasteiger partial charge in [0, 0.05) is 45.2 Å². The van der Waals surface area contributed by atoms with Crippen molar-refractivity contribution in [3.63, 3.8) is 0 Å². The van der Waals surface area contributed by atoms with Crippen LogP contribution >= 0.6 is 0 Å². The molecule has 0 spiro atoms. The van der Waals surface area contributed by atoms with E-state index in [1.165, 1.54) is 5.56 Å². The quantitative estimate of drug-likeness (QED) is 0.794. The molecule has 164 valence electrons. The maximum atomic E-state index is 11.8. The third-order valence-electron chi connectivity index (χ3n) is 5.10. The first-order chi connectivity index (χ1) is 13.4. The monoisotopic (exact) mass is 421 g/mol. The number of carbonyl (C=O) groups is 2. The van der Waals surface area contributed by atoms with Crippen molar-refractivity contribution in [2.75, 3.05) is 27.2 Å². The molecule has 2 aliphatic heterocycles. The number of aryl methyl sites for hydroxylation is 2. The largest absolute Gasteiger partial charge is 0.490 e. The molecule has 0 aliphatic carbocycles. The van der Waals surface area contributed by atoms with Gasteiger partial charge >= 0.3 is 12.1 Å². The number of likely N-dealkylation sites (tertiary alicyclic amines) is 1. The van der Waals surface area contributed by atoms with Gasteiger partial charge in [-0.25, -0.2) is 4.79 Å². The van der Waals surface area contributed by atoms with Gasteiger partial charge in [-0.3, -0.25) is 9.69 Å². The zero-order chi connectivity index (χ0) is 21.9. The Morgan fingerprint density at radius 1 is 1.28 bits per heavy atom. The van der Waals surface area contributed by atoms with Gasteiger partial charge in [0.2, 0.25) is 5.91 Å². The maximum Gasteiger partial charge on any atom is 0.490 e. The van der Waals surface area contributed by atoms with Crippen molar-refractivity contribution in [2.24, 2.45) is 5.92 Å². The normalized spacial score (nSPS) is 24.0. The fourth-order valence-corrected chi connectivity index (χ4v) is 3.54. The highest BCUT2D eigenvalue weighted by Crippen LogP contribution is 2.35. The average Bonchev–Trinajstić information content (AvgIpc) is 3.23. The van der Waals surface area contributed by atoms with Gasteiger partial charge < -0.3 is 19.3 Å². The third-order valence-corrected chi connectivity index (χ3v) is 5.10. The van der Waals surface area contributed by atoms with Crippen LogP contribution in [0.5, 0.6) is 0 Å². The molecule has 1 aromatic heterocycles. The standard InChI is InChI=1S/C16H25N3O3.C2HF3O2/c1-10-14(11(2)22-17-10)8-19-7-12-5-13(21-15(12)9-19)6-16(20)18(3)4;3-2(4,5)1(6)7/h12-13,15H,5-9H2,1-4H3;(H,6,7)/t12-,13-,15+;/m0./s1. The minimum atomic E-state index is -5.08. The molecule has 2 saturated heterocycles. The van der Waals surface area contributed by atoms with E-state index in [2.05, 4.69) is 10.1 Å². The molecular weight excluding hydrogens is 395 g/mol. The lowest BCUT2D eigenvalue weighted by Gasteiger charge is -2.19. The van der Waals surface area contributed by atoms with Gasteiger partial charge in [-0.05, 0) is 20.3 Å². The second-order valence-electron chi connectivity index (χ2n) is 7.58. The fraction of sp³-hybridized carbons (Fsp3) is 0.722. The van der Waals surface area contributed by atoms with Gasteiger partial charge in [0.25, 0.3) is 0 Å². The predicted octanol–water partition coefficient (Wildman–Crippen LogP) is 1.99. The van der Waals surface area contributed by atoms with Gasteiger partial charge in [0.1, 0.15) is 5.76 Å². The summed E-state index contributed by atoms with van der Waals surface area (Å²) < 4.78 is 43.1. The molecular formula is C18H26F3N3O5. The molecule has 0 unspecified atom stereocenters. The van der Waals surface area contributed by atoms with Gasteiger partial charge in [-0.1, -0.05) is 5.16 Å². The lowest BCUT2D eigenvalue weighted by Crippen LogP contribution is -2.29. The van der Waals surface area contributed by atoms with E-state index in [1.807, 2.05) is 13.8 Å². The lowest BCUT2D eigenvalue weighted by atomic mass is 10.0. The van der Waals surface area contributed by atoms with E-state index < -0.39 is 12.1 Å². The van der Waals surface area contributed by atoms with Gasteiger partial charge in [0.05, 0.1) is 24.3 Å². The van der Waals surface area contributed by atoms with E-state index in [0.717, 1.165) is 37.5 Å². The van der Waals surface area contributed by atoms with E-state index >= 15 is 0 Å². The summed E-state index contributed by atoms with van der Waals surface area (Å²) in [6, 6.07) is 0. The summed E-state index contributed by atoms with van der Waals surface area (Å²) in [5.41, 5.74) is 2.17. The van der Waals surface area contributed by atoms with Crippen LogP contribution in [-0.2, 0) is 20.9 Å². The Bertz CT molecular complexity index is 701. The zero-order valence-electron chi connectivity index (χ0n) is 16.8. The lowest BCUT2D eigenvalue weighted by molar-refractivity contribution is -0.192. The number of amides is 1. The van der Waals surface area contributed by atoms with E-state index in [4.69, 9.17) is 19.2 Å². The molecule has 29 heavy (non-hydrogen) atoms. The highest BCUT2D eigenvalue weighted by atomic mass is 19.4. The zero-order valence-corrected chi connectivity index (χ0v) is 16.8. The Morgan fingerprint density at radius 2 is 1.90 bits per heavy atom. The van der Waals surface area contributed by atoms with E-state index in [-0.39, 0.29) is 18.1 Å². The van der Waals surface area contributed by atoms with E-state index in [9.17, 15) is 18.0 Å². The van der Waals surface area contributed by atoms with Crippen molar-refractivity contribution in [1.29, 1.82) is 0 Å². The summed E-state index contributed by atoms with van der Waals surface area (Å²) in [6.45, 7) is 6.79. The highest BCUT2D eigenvalue weighted by molar-refractivity contribution is 5.76. The van der Waals surface area contributed by atoms with Crippen molar-refractivity contribution in [1.82, 2.24) is 15.0 Å². The number of carboxylic acid groups (broad SMARTS) is 1. The topological polar surface area (TPSA) is 96.1 Å². The average molecular weight is 421 g/mol. The van der Waals surface area contributed by atoms with E-state index in [1.54, 1.807) is 19.0 Å². The summed E-state index contributed by atoms with van der Waals surface area (Å²) in [5.74, 6) is -1.16. The molecule has 2 fully saturated rings. The first-order valence-electron chi connectivity index (χ1n) is 9.18. The predicted molar refractivity (Wildman–Crippen MR) is 95.0 cm³/mol. The minimum absolute atomic E-state index is 0.0890. The number of ether oxygens (including phenoxy) is 1. The van der Waals surface area contributed by atoms with Crippen molar-refractivity contribution in [3.8, 4) is 0 Å². The molecule has 2 aliphatic rings. The molecule has 3 heterocycles. The van der Waals surface area contributed by atoms with Gasteiger partial charge in [-0.2, -0.15) is 13.2 Å². The number of alkyl halides is 3. The Labute approximate surface area is 166 Å². The van der Waals surface area contributed by atoms with Crippen LogP contribution in [0.1, 0.15) is 29.9 Å². The Morgan fingerprint density at radius 3 is 2.34 bits per heavy atom. The van der Waals surface area contributed by atoms with Crippen LogP contribution in [0.4, 0.5) is 13.2 Å². The number of carboxylic acids is 1. The molecule has 0 saturated carbocycles. The van der Waals surface area contributed by atoms with Gasteiger partial charge in [0.15, 0.2) is 0 Å². The summed E-state index contributed by atoms with van der Waals surface area (Å²) in [7, 11) is 3.59. The van der Waals surface area contributed by atoms with Crippen LogP contribution < -0.4 is 0 Å². The number of carbonyl (C=O) groups excluding carboxylic acids is 1. The van der Waals surface area contributed by atoms with Crippen molar-refractivity contribution >= 4 is 11.9 Å².